The Morgan fingerprint density at radius 2 is 1.77 bits per heavy atom. The van der Waals surface area contributed by atoms with Crippen LogP contribution in [0.25, 0.3) is 0 Å². The molecule has 26 heavy (non-hydrogen) atoms. The highest BCUT2D eigenvalue weighted by Gasteiger charge is 2.28. The number of carboxylic acid groups (broad SMARTS) is 1. The summed E-state index contributed by atoms with van der Waals surface area (Å²) in [6.45, 7) is 0. The highest BCUT2D eigenvalue weighted by molar-refractivity contribution is 7.42. The minimum absolute atomic E-state index is 0.00120. The molecule has 0 aliphatic rings. The number of carboxylic acids is 1. The van der Waals surface area contributed by atoms with Crippen molar-refractivity contribution in [3.05, 3.63) is 65.7 Å². The third-order valence-electron chi connectivity index (χ3n) is 3.54. The second-order valence-electron chi connectivity index (χ2n) is 5.54. The van der Waals surface area contributed by atoms with Crippen molar-refractivity contribution in [3.63, 3.8) is 0 Å². The number of hydrogen-bond donors (Lipinski definition) is 3. The molecular formula is C18H20N2O5P+. The molecule has 0 bridgehead atoms. The van der Waals surface area contributed by atoms with E-state index in [1.165, 1.54) is 31.4 Å². The van der Waals surface area contributed by atoms with Crippen LogP contribution in [0.1, 0.15) is 15.9 Å². The number of amides is 1. The summed E-state index contributed by atoms with van der Waals surface area (Å²) in [6, 6.07) is 14.5. The van der Waals surface area contributed by atoms with Gasteiger partial charge in [0.05, 0.1) is 5.56 Å². The van der Waals surface area contributed by atoms with Crippen LogP contribution >= 0.6 is 7.95 Å². The van der Waals surface area contributed by atoms with E-state index in [-0.39, 0.29) is 17.8 Å². The first kappa shape index (κ1) is 19.7. The predicted octanol–water partition coefficient (Wildman–Crippen LogP) is 2.87. The average molecular weight is 375 g/mol. The summed E-state index contributed by atoms with van der Waals surface area (Å²) in [7, 11) is -0.462. The second kappa shape index (κ2) is 9.77. The van der Waals surface area contributed by atoms with E-state index < -0.39 is 20.0 Å². The zero-order valence-corrected chi connectivity index (χ0v) is 15.1. The first-order valence-electron chi connectivity index (χ1n) is 7.87. The zero-order valence-electron chi connectivity index (χ0n) is 14.2. The highest BCUT2D eigenvalue weighted by Crippen LogP contribution is 2.18. The SMILES string of the molecule is COC[P+](=O)NC(Cc1ccccc1)C(=O)Nc1ccc(C(=O)O)cc1. The number of rotatable bonds is 9. The fourth-order valence-corrected chi connectivity index (χ4v) is 3.17. The molecule has 2 rings (SSSR count). The monoisotopic (exact) mass is 375 g/mol. The van der Waals surface area contributed by atoms with E-state index in [4.69, 9.17) is 9.84 Å². The molecule has 0 fully saturated rings. The number of ether oxygens (including phenoxy) is 1. The molecule has 7 nitrogen and oxygen atoms in total. The molecule has 2 aromatic rings. The van der Waals surface area contributed by atoms with Crippen LogP contribution < -0.4 is 10.4 Å². The van der Waals surface area contributed by atoms with E-state index in [0.29, 0.717) is 12.1 Å². The Hall–Kier alpha value is -2.60. The number of anilines is 1. The molecule has 0 aromatic heterocycles. The summed E-state index contributed by atoms with van der Waals surface area (Å²) < 4.78 is 16.8. The van der Waals surface area contributed by atoms with Crippen molar-refractivity contribution in [3.8, 4) is 0 Å². The van der Waals surface area contributed by atoms with Gasteiger partial charge >= 0.3 is 13.9 Å². The number of benzene rings is 2. The fourth-order valence-electron chi connectivity index (χ4n) is 2.30. The van der Waals surface area contributed by atoms with Gasteiger partial charge in [-0.15, -0.1) is 0 Å². The smallest absolute Gasteiger partial charge is 0.461 e. The molecule has 8 heteroatoms. The fraction of sp³-hybridized carbons (Fsp3) is 0.222. The molecule has 0 spiro atoms. The molecule has 3 N–H and O–H groups in total. The Labute approximate surface area is 152 Å². The lowest BCUT2D eigenvalue weighted by molar-refractivity contribution is -0.117. The van der Waals surface area contributed by atoms with E-state index in [1.54, 1.807) is 0 Å². The van der Waals surface area contributed by atoms with Gasteiger partial charge in [-0.3, -0.25) is 4.79 Å². The summed E-state index contributed by atoms with van der Waals surface area (Å²) >= 11 is 0. The van der Waals surface area contributed by atoms with Gasteiger partial charge in [-0.25, -0.2) is 4.79 Å². The Kier molecular flexibility index (Phi) is 7.41. The van der Waals surface area contributed by atoms with E-state index in [1.807, 2.05) is 30.3 Å². The average Bonchev–Trinajstić information content (AvgIpc) is 2.62. The predicted molar refractivity (Wildman–Crippen MR) is 98.6 cm³/mol. The maximum atomic E-state index is 12.6. The van der Waals surface area contributed by atoms with Gasteiger partial charge in [0.15, 0.2) is 0 Å². The Morgan fingerprint density at radius 1 is 1.12 bits per heavy atom. The molecule has 0 aliphatic carbocycles. The Balaban J connectivity index is 2.10. The van der Waals surface area contributed by atoms with Gasteiger partial charge in [0.25, 0.3) is 6.35 Å². The molecule has 1 amide bonds. The van der Waals surface area contributed by atoms with E-state index in [2.05, 4.69) is 10.4 Å². The van der Waals surface area contributed by atoms with Crippen molar-refractivity contribution >= 4 is 25.5 Å². The van der Waals surface area contributed by atoms with Crippen LogP contribution in [0, 0.1) is 0 Å². The standard InChI is InChI=1S/C18H19N2O5P/c1-25-12-26(24)20-16(11-13-5-3-2-4-6-13)17(21)19-15-9-7-14(8-10-15)18(22)23/h2-10,16H,11-12H2,1H3,(H2-,19,20,21,22,23,24)/p+1. The molecule has 0 radical (unpaired) electrons. The number of methoxy groups -OCH3 is 1. The van der Waals surface area contributed by atoms with Crippen molar-refractivity contribution in [2.45, 2.75) is 12.5 Å². The number of nitrogens with one attached hydrogen (secondary N) is 2. The van der Waals surface area contributed by atoms with Gasteiger partial charge in [-0.1, -0.05) is 35.4 Å². The quantitative estimate of drug-likeness (QED) is 0.582. The van der Waals surface area contributed by atoms with Crippen LogP contribution in [0.2, 0.25) is 0 Å². The molecular weight excluding hydrogens is 355 g/mol. The minimum atomic E-state index is -1.90. The normalized spacial score (nSPS) is 12.3. The zero-order chi connectivity index (χ0) is 18.9. The van der Waals surface area contributed by atoms with Gasteiger partial charge in [0, 0.05) is 19.2 Å². The highest BCUT2D eigenvalue weighted by atomic mass is 31.1. The van der Waals surface area contributed by atoms with E-state index in [9.17, 15) is 14.2 Å². The molecule has 0 saturated heterocycles. The summed E-state index contributed by atoms with van der Waals surface area (Å²) in [4.78, 5) is 23.5. The van der Waals surface area contributed by atoms with Crippen LogP contribution in [-0.2, 0) is 20.5 Å². The van der Waals surface area contributed by atoms with Crippen molar-refractivity contribution < 1.29 is 24.0 Å². The van der Waals surface area contributed by atoms with E-state index in [0.717, 1.165) is 5.56 Å². The lowest BCUT2D eigenvalue weighted by Gasteiger charge is -2.14. The van der Waals surface area contributed by atoms with Crippen molar-refractivity contribution in [2.75, 3.05) is 18.8 Å². The summed E-state index contributed by atoms with van der Waals surface area (Å²) in [5.41, 5.74) is 1.51. The number of carbonyl (C=O) groups excluding carboxylic acids is 1. The second-order valence-corrected chi connectivity index (χ2v) is 6.81. The molecule has 0 heterocycles. The number of aromatic carboxylic acids is 1. The first-order chi connectivity index (χ1) is 12.5. The van der Waals surface area contributed by atoms with Crippen LogP contribution in [0.4, 0.5) is 5.69 Å². The largest absolute Gasteiger partial charge is 0.478 e. The van der Waals surface area contributed by atoms with Crippen LogP contribution in [-0.4, -0.2) is 36.5 Å². The topological polar surface area (TPSA) is 105 Å². The Morgan fingerprint density at radius 3 is 2.35 bits per heavy atom. The van der Waals surface area contributed by atoms with Crippen LogP contribution in [0.5, 0.6) is 0 Å². The van der Waals surface area contributed by atoms with Crippen molar-refractivity contribution in [1.29, 1.82) is 0 Å². The van der Waals surface area contributed by atoms with Crippen LogP contribution in [0.3, 0.4) is 0 Å². The minimum Gasteiger partial charge on any atom is -0.478 e. The van der Waals surface area contributed by atoms with Gasteiger partial charge in [-0.2, -0.15) is 0 Å². The molecule has 2 unspecified atom stereocenters. The first-order valence-corrected chi connectivity index (χ1v) is 9.32. The van der Waals surface area contributed by atoms with Gasteiger partial charge < -0.3 is 15.2 Å². The Bertz CT molecular complexity index is 765. The maximum Gasteiger partial charge on any atom is 0.461 e. The number of carbonyl (C=O) groups is 2. The van der Waals surface area contributed by atoms with Gasteiger partial charge in [-0.05, 0) is 34.4 Å². The lowest BCUT2D eigenvalue weighted by Crippen LogP contribution is -2.39. The third-order valence-corrected chi connectivity index (χ3v) is 4.64. The third kappa shape index (κ3) is 6.04. The molecule has 0 saturated carbocycles. The summed E-state index contributed by atoms with van der Waals surface area (Å²) in [5, 5.41) is 14.4. The molecule has 2 atom stereocenters. The maximum absolute atomic E-state index is 12.6. The summed E-state index contributed by atoms with van der Waals surface area (Å²) in [5.74, 6) is -1.40. The lowest BCUT2D eigenvalue weighted by atomic mass is 10.1. The van der Waals surface area contributed by atoms with Gasteiger partial charge in [0.2, 0.25) is 5.91 Å². The molecule has 2 aromatic carbocycles. The van der Waals surface area contributed by atoms with Crippen LogP contribution in [0.15, 0.2) is 54.6 Å². The number of hydrogen-bond acceptors (Lipinski definition) is 4. The molecule has 0 aliphatic heterocycles. The molecule has 136 valence electrons. The van der Waals surface area contributed by atoms with E-state index >= 15 is 0 Å². The van der Waals surface area contributed by atoms with Crippen molar-refractivity contribution in [2.24, 2.45) is 0 Å². The van der Waals surface area contributed by atoms with Gasteiger partial charge in [0.1, 0.15) is 6.04 Å². The van der Waals surface area contributed by atoms with Crippen molar-refractivity contribution in [1.82, 2.24) is 5.09 Å². The summed E-state index contributed by atoms with van der Waals surface area (Å²) in [6.07, 6.45) is 0.353.